The summed E-state index contributed by atoms with van der Waals surface area (Å²) in [5.74, 6) is -0.697. The molecule has 0 heterocycles. The molecule has 34 heavy (non-hydrogen) atoms. The van der Waals surface area contributed by atoms with E-state index < -0.39 is 6.04 Å². The van der Waals surface area contributed by atoms with Gasteiger partial charge in [0.2, 0.25) is 11.8 Å². The maximum Gasteiger partial charge on any atom is 0.243 e. The number of hydrogen-bond acceptors (Lipinski definition) is 2. The first kappa shape index (κ1) is 25.6. The average Bonchev–Trinajstić information content (AvgIpc) is 2.83. The van der Waals surface area contributed by atoms with Crippen molar-refractivity contribution in [1.29, 1.82) is 0 Å². The fourth-order valence-electron chi connectivity index (χ4n) is 3.77. The second-order valence-electron chi connectivity index (χ2n) is 8.30. The Balaban J connectivity index is 1.93. The number of carbonyl (C=O) groups excluding carboxylic acids is 2. The molecule has 0 aliphatic heterocycles. The van der Waals surface area contributed by atoms with Gasteiger partial charge in [0.15, 0.2) is 0 Å². The topological polar surface area (TPSA) is 49.4 Å². The molecular weight excluding hydrogens is 495 g/mol. The molecule has 2 amide bonds. The van der Waals surface area contributed by atoms with E-state index in [4.69, 9.17) is 0 Å². The van der Waals surface area contributed by atoms with Gasteiger partial charge in [-0.05, 0) is 47.4 Å². The zero-order valence-corrected chi connectivity index (χ0v) is 20.9. The van der Waals surface area contributed by atoms with Crippen LogP contribution in [0.5, 0.6) is 0 Å². The zero-order valence-electron chi connectivity index (χ0n) is 19.3. The van der Waals surface area contributed by atoms with E-state index in [2.05, 4.69) is 28.2 Å². The van der Waals surface area contributed by atoms with Crippen LogP contribution in [0.3, 0.4) is 0 Å². The quantitative estimate of drug-likeness (QED) is 0.327. The Hall–Kier alpha value is -2.99. The number of benzene rings is 3. The summed E-state index contributed by atoms with van der Waals surface area (Å²) in [6, 6.07) is 22.7. The third-order valence-corrected chi connectivity index (χ3v) is 6.10. The van der Waals surface area contributed by atoms with E-state index in [1.807, 2.05) is 54.6 Å². The van der Waals surface area contributed by atoms with Crippen LogP contribution in [0.15, 0.2) is 83.3 Å². The fraction of sp³-hybridized carbons (Fsp3) is 0.286. The van der Waals surface area contributed by atoms with E-state index in [9.17, 15) is 14.0 Å². The summed E-state index contributed by atoms with van der Waals surface area (Å²) in [5, 5.41) is 3.02. The molecule has 0 aliphatic carbocycles. The van der Waals surface area contributed by atoms with E-state index >= 15 is 0 Å². The van der Waals surface area contributed by atoms with Gasteiger partial charge in [-0.1, -0.05) is 83.9 Å². The number of halogens is 2. The highest BCUT2D eigenvalue weighted by Gasteiger charge is 2.30. The van der Waals surface area contributed by atoms with E-state index in [0.717, 1.165) is 28.4 Å². The van der Waals surface area contributed by atoms with Crippen LogP contribution in [-0.4, -0.2) is 29.3 Å². The molecule has 0 bridgehead atoms. The van der Waals surface area contributed by atoms with Gasteiger partial charge in [0.05, 0.1) is 6.42 Å². The summed E-state index contributed by atoms with van der Waals surface area (Å²) < 4.78 is 14.3. The molecule has 0 unspecified atom stereocenters. The lowest BCUT2D eigenvalue weighted by molar-refractivity contribution is -0.140. The summed E-state index contributed by atoms with van der Waals surface area (Å²) >= 11 is 3.49. The molecule has 1 N–H and O–H groups in total. The first-order valence-corrected chi connectivity index (χ1v) is 12.4. The standard InChI is InChI=1S/C28H30BrFN2O2/c1-2-3-16-31-28(34)26(18-21-8-5-4-6-9-21)32(20-23-10-7-11-24(29)17-23)27(33)19-22-12-14-25(30)15-13-22/h4-15,17,26H,2-3,16,18-20H2,1H3,(H,31,34)/t26-/m1/s1. The molecule has 4 nitrogen and oxygen atoms in total. The Bertz CT molecular complexity index is 1070. The largest absolute Gasteiger partial charge is 0.354 e. The Morgan fingerprint density at radius 3 is 2.32 bits per heavy atom. The average molecular weight is 525 g/mol. The molecular formula is C28H30BrFN2O2. The molecule has 0 fully saturated rings. The molecule has 3 aromatic carbocycles. The highest BCUT2D eigenvalue weighted by atomic mass is 79.9. The van der Waals surface area contributed by atoms with Gasteiger partial charge in [0, 0.05) is 24.0 Å². The van der Waals surface area contributed by atoms with Crippen LogP contribution in [0.2, 0.25) is 0 Å². The van der Waals surface area contributed by atoms with Crippen molar-refractivity contribution in [3.05, 3.63) is 106 Å². The van der Waals surface area contributed by atoms with Crippen molar-refractivity contribution in [2.24, 2.45) is 0 Å². The first-order valence-electron chi connectivity index (χ1n) is 11.6. The summed E-state index contributed by atoms with van der Waals surface area (Å²) in [4.78, 5) is 28.6. The number of carbonyl (C=O) groups is 2. The number of amides is 2. The lowest BCUT2D eigenvalue weighted by atomic mass is 10.0. The summed E-state index contributed by atoms with van der Waals surface area (Å²) in [5.41, 5.74) is 2.60. The van der Waals surface area contributed by atoms with Crippen LogP contribution in [0.4, 0.5) is 4.39 Å². The van der Waals surface area contributed by atoms with Crippen molar-refractivity contribution < 1.29 is 14.0 Å². The van der Waals surface area contributed by atoms with Crippen LogP contribution in [0.1, 0.15) is 36.5 Å². The van der Waals surface area contributed by atoms with Crippen LogP contribution in [0.25, 0.3) is 0 Å². The van der Waals surface area contributed by atoms with Gasteiger partial charge < -0.3 is 10.2 Å². The summed E-state index contributed by atoms with van der Waals surface area (Å²) in [7, 11) is 0. The predicted molar refractivity (Wildman–Crippen MR) is 137 cm³/mol. The highest BCUT2D eigenvalue weighted by Crippen LogP contribution is 2.19. The van der Waals surface area contributed by atoms with Crippen LogP contribution in [-0.2, 0) is 29.0 Å². The fourth-order valence-corrected chi connectivity index (χ4v) is 4.22. The second kappa shape index (κ2) is 13.0. The summed E-state index contributed by atoms with van der Waals surface area (Å²) in [6.07, 6.45) is 2.33. The van der Waals surface area contributed by atoms with Crippen molar-refractivity contribution in [1.82, 2.24) is 10.2 Å². The van der Waals surface area contributed by atoms with Crippen LogP contribution < -0.4 is 5.32 Å². The molecule has 0 saturated carbocycles. The Kier molecular flexibility index (Phi) is 9.83. The molecule has 0 saturated heterocycles. The highest BCUT2D eigenvalue weighted by molar-refractivity contribution is 9.10. The van der Waals surface area contributed by atoms with E-state index in [0.29, 0.717) is 18.5 Å². The van der Waals surface area contributed by atoms with Crippen molar-refractivity contribution >= 4 is 27.7 Å². The molecule has 0 aromatic heterocycles. The molecule has 6 heteroatoms. The lowest BCUT2D eigenvalue weighted by Gasteiger charge is -2.32. The minimum atomic E-state index is -0.675. The third-order valence-electron chi connectivity index (χ3n) is 5.61. The van der Waals surface area contributed by atoms with Gasteiger partial charge >= 0.3 is 0 Å². The van der Waals surface area contributed by atoms with Crippen molar-refractivity contribution in [2.45, 2.75) is 45.2 Å². The minimum Gasteiger partial charge on any atom is -0.354 e. The minimum absolute atomic E-state index is 0.0851. The van der Waals surface area contributed by atoms with E-state index in [1.54, 1.807) is 17.0 Å². The summed E-state index contributed by atoms with van der Waals surface area (Å²) in [6.45, 7) is 2.93. The maximum absolute atomic E-state index is 13.6. The Morgan fingerprint density at radius 1 is 0.941 bits per heavy atom. The van der Waals surface area contributed by atoms with Gasteiger partial charge in [-0.3, -0.25) is 9.59 Å². The van der Waals surface area contributed by atoms with Gasteiger partial charge in [-0.15, -0.1) is 0 Å². The molecule has 1 atom stereocenters. The number of nitrogens with one attached hydrogen (secondary N) is 1. The smallest absolute Gasteiger partial charge is 0.243 e. The number of rotatable bonds is 11. The molecule has 0 spiro atoms. The number of nitrogens with zero attached hydrogens (tertiary/aromatic N) is 1. The number of unbranched alkanes of at least 4 members (excludes halogenated alkanes) is 1. The maximum atomic E-state index is 13.6. The second-order valence-corrected chi connectivity index (χ2v) is 9.22. The molecule has 0 aliphatic rings. The van der Waals surface area contributed by atoms with Gasteiger partial charge in [0.1, 0.15) is 11.9 Å². The van der Waals surface area contributed by atoms with Crippen molar-refractivity contribution in [3.8, 4) is 0 Å². The molecule has 3 aromatic rings. The monoisotopic (exact) mass is 524 g/mol. The van der Waals surface area contributed by atoms with Gasteiger partial charge in [-0.25, -0.2) is 4.39 Å². The van der Waals surface area contributed by atoms with Crippen molar-refractivity contribution in [3.63, 3.8) is 0 Å². The number of hydrogen-bond donors (Lipinski definition) is 1. The van der Waals surface area contributed by atoms with Gasteiger partial charge in [0.25, 0.3) is 0 Å². The predicted octanol–water partition coefficient (Wildman–Crippen LogP) is 5.69. The Morgan fingerprint density at radius 2 is 1.65 bits per heavy atom. The first-order chi connectivity index (χ1) is 16.5. The van der Waals surface area contributed by atoms with E-state index in [-0.39, 0.29) is 30.6 Å². The van der Waals surface area contributed by atoms with Crippen LogP contribution in [0, 0.1) is 5.82 Å². The normalized spacial score (nSPS) is 11.6. The van der Waals surface area contributed by atoms with Crippen molar-refractivity contribution in [2.75, 3.05) is 6.54 Å². The molecule has 0 radical (unpaired) electrons. The lowest BCUT2D eigenvalue weighted by Crippen LogP contribution is -2.51. The Labute approximate surface area is 209 Å². The third kappa shape index (κ3) is 7.80. The van der Waals surface area contributed by atoms with E-state index in [1.165, 1.54) is 12.1 Å². The molecule has 3 rings (SSSR count). The van der Waals surface area contributed by atoms with Crippen LogP contribution >= 0.6 is 15.9 Å². The zero-order chi connectivity index (χ0) is 24.3. The van der Waals surface area contributed by atoms with Gasteiger partial charge in [-0.2, -0.15) is 0 Å². The molecule has 178 valence electrons. The SMILES string of the molecule is CCCCNC(=O)[C@@H](Cc1ccccc1)N(Cc1cccc(Br)c1)C(=O)Cc1ccc(F)cc1.